The van der Waals surface area contributed by atoms with E-state index < -0.39 is 22.5 Å². The minimum atomic E-state index is -0.793. The van der Waals surface area contributed by atoms with Crippen LogP contribution in [0.3, 0.4) is 0 Å². The number of hydrogen-bond donors (Lipinski definition) is 4. The molecule has 0 unspecified atom stereocenters. The van der Waals surface area contributed by atoms with E-state index >= 15 is 4.79 Å². The first-order valence-corrected chi connectivity index (χ1v) is 33.3. The number of aliphatic hydroxyl groups excluding tert-OH is 1. The van der Waals surface area contributed by atoms with Gasteiger partial charge in [-0.25, -0.2) is 0 Å². The number of guanidine groups is 1. The zero-order valence-corrected chi connectivity index (χ0v) is 47.7. The van der Waals surface area contributed by atoms with Crippen LogP contribution >= 0.6 is 21.6 Å². The van der Waals surface area contributed by atoms with Crippen molar-refractivity contribution < 1.29 is 29.3 Å². The molecule has 8 aliphatic carbocycles. The third-order valence-electron chi connectivity index (χ3n) is 24.5. The molecule has 12 heteroatoms. The molecule has 7 heterocycles. The van der Waals surface area contributed by atoms with Crippen LogP contribution in [0.4, 0.5) is 0 Å². The number of ether oxygens (including phenoxy) is 2. The van der Waals surface area contributed by atoms with Crippen LogP contribution in [0.2, 0.25) is 0 Å². The number of carbonyl (C=O) groups excluding carboxylic acids is 2. The lowest BCUT2D eigenvalue weighted by Gasteiger charge is -2.51. The highest BCUT2D eigenvalue weighted by Gasteiger charge is 2.65. The van der Waals surface area contributed by atoms with Gasteiger partial charge in [0.05, 0.1) is 18.1 Å². The van der Waals surface area contributed by atoms with E-state index in [0.717, 1.165) is 112 Å². The van der Waals surface area contributed by atoms with Crippen LogP contribution in [-0.2, 0) is 27.3 Å². The number of phenolic OH excluding ortho intramolecular Hbond substituents is 1. The van der Waals surface area contributed by atoms with Crippen molar-refractivity contribution in [3.05, 3.63) is 58.7 Å². The van der Waals surface area contributed by atoms with Gasteiger partial charge in [-0.2, -0.15) is 0 Å². The SMILES string of the molecule is CC(=O)O[C@@]12CCc3cc(c(O)c4c3[C@@H]3CC[C@]5(CCC[C@@H]5C3)O4)CN3C[C@@]4(CC3=O)[C@H](c3ccccc3)CC[C@@]43C#CC[C@H]4CC[C@]5(CCC[C@@]5(NC(N)=NC3)SSC[C@H]3CC[C@@H](CC35CCCC5)[C@@H](CC1)[C@H](O)C2)C4. The molecule has 10 nitrogen and oxygen atoms in total. The van der Waals surface area contributed by atoms with Crippen molar-refractivity contribution in [1.82, 2.24) is 10.2 Å². The molecule has 0 aromatic heterocycles. The van der Waals surface area contributed by atoms with Crippen molar-refractivity contribution in [3.8, 4) is 23.3 Å². The summed E-state index contributed by atoms with van der Waals surface area (Å²) in [6.07, 6.45) is 27.8. The molecule has 17 rings (SSSR count). The monoisotopic (exact) mass is 1080 g/mol. The second-order valence-corrected chi connectivity index (χ2v) is 30.6. The highest BCUT2D eigenvalue weighted by Crippen LogP contribution is 2.68. The predicted octanol–water partition coefficient (Wildman–Crippen LogP) is 12.6. The Morgan fingerprint density at radius 1 is 0.896 bits per heavy atom. The number of nitrogens with one attached hydrogen (secondary N) is 1. The molecule has 2 aromatic carbocycles. The molecule has 14 bridgehead atoms. The van der Waals surface area contributed by atoms with Crippen molar-refractivity contribution >= 4 is 39.4 Å². The summed E-state index contributed by atoms with van der Waals surface area (Å²) in [6.45, 7) is 2.74. The fraction of sp³-hybridized carbons (Fsp3) is 0.738. The molecular formula is C65H86N4O6S2. The standard InChI is InChI=1S/C65H86N4O6S2/c1-42(70)74-62-29-17-45-32-48(56(73)57-55(45)46-18-31-64(75-57)25-8-13-49(64)33-46)38-69-41-63(37-54(69)72)52(44-11-3-2-4-12-44)20-28-61(63)23-7-10-43-16-27-60(34-43)24-9-26-65(60,68-58(66)67-40-61)77-76-39-50-15-14-47(35-59(50)21-5-6-22-59)51(19-30-62)53(71)36-62/h2-4,11-12,32,43,46-47,49-53,71,73H,5-6,8-10,13-22,24-31,33-41H2,1H3,(H3,66,67,68)/t43-,46+,47-,49+,50+,51+,52-,53+,60+,61+,62-,63-,64-,65+/m0/s1. The molecule has 14 atom stereocenters. The maximum atomic E-state index is 15.3. The highest BCUT2D eigenvalue weighted by atomic mass is 33.1. The Morgan fingerprint density at radius 3 is 2.61 bits per heavy atom. The van der Waals surface area contributed by atoms with Gasteiger partial charge in [0.2, 0.25) is 5.91 Å². The van der Waals surface area contributed by atoms with Gasteiger partial charge in [-0.3, -0.25) is 14.6 Å². The second kappa shape index (κ2) is 19.3. The predicted molar refractivity (Wildman–Crippen MR) is 305 cm³/mol. The number of aromatic hydroxyl groups is 1. The van der Waals surface area contributed by atoms with Crippen LogP contribution < -0.4 is 15.8 Å². The Morgan fingerprint density at radius 2 is 1.77 bits per heavy atom. The molecule has 9 fully saturated rings. The number of rotatable bonds is 2. The molecule has 1 amide bonds. The number of aliphatic hydroxyl groups is 1. The van der Waals surface area contributed by atoms with Gasteiger partial charge < -0.3 is 35.6 Å². The van der Waals surface area contributed by atoms with Crippen molar-refractivity contribution in [3.63, 3.8) is 0 Å². The molecule has 15 aliphatic rings. The van der Waals surface area contributed by atoms with Gasteiger partial charge >= 0.3 is 5.97 Å². The third-order valence-corrected chi connectivity index (χ3v) is 27.8. The van der Waals surface area contributed by atoms with Gasteiger partial charge in [0.25, 0.3) is 0 Å². The topological polar surface area (TPSA) is 147 Å². The number of carbonyl (C=O) groups is 2. The molecule has 0 radical (unpaired) electrons. The van der Waals surface area contributed by atoms with Crippen molar-refractivity contribution in [1.29, 1.82) is 0 Å². The normalized spacial score (nSPS) is 42.8. The summed E-state index contributed by atoms with van der Waals surface area (Å²) in [4.78, 5) is 35.8. The lowest BCUT2D eigenvalue weighted by molar-refractivity contribution is -0.171. The number of fused-ring (bicyclic) bond motifs is 3. The Labute approximate surface area is 466 Å². The van der Waals surface area contributed by atoms with Gasteiger partial charge in [0, 0.05) is 67.0 Å². The molecule has 7 aliphatic heterocycles. The molecule has 77 heavy (non-hydrogen) atoms. The van der Waals surface area contributed by atoms with Crippen LogP contribution in [0.1, 0.15) is 214 Å². The lowest BCUT2D eigenvalue weighted by Crippen LogP contribution is -2.56. The zero-order valence-electron chi connectivity index (χ0n) is 46.0. The number of benzene rings is 2. The first-order valence-electron chi connectivity index (χ1n) is 30.9. The van der Waals surface area contributed by atoms with Crippen molar-refractivity contribution in [2.45, 2.75) is 227 Å². The fourth-order valence-corrected chi connectivity index (χ4v) is 24.8. The van der Waals surface area contributed by atoms with Crippen molar-refractivity contribution in [2.24, 2.45) is 62.0 Å². The van der Waals surface area contributed by atoms with E-state index in [0.29, 0.717) is 79.6 Å². The molecular weight excluding hydrogens is 997 g/mol. The maximum absolute atomic E-state index is 15.3. The largest absolute Gasteiger partial charge is 0.504 e. The summed E-state index contributed by atoms with van der Waals surface area (Å²) in [5.74, 6) is 12.8. The first kappa shape index (κ1) is 51.6. The van der Waals surface area contributed by atoms with Crippen LogP contribution in [0.5, 0.6) is 11.5 Å². The van der Waals surface area contributed by atoms with Crippen molar-refractivity contribution in [2.75, 3.05) is 18.8 Å². The second-order valence-electron chi connectivity index (χ2n) is 28.0. The zero-order chi connectivity index (χ0) is 52.4. The van der Waals surface area contributed by atoms with E-state index in [9.17, 15) is 15.0 Å². The number of esters is 1. The number of hydrogen-bond acceptors (Lipinski definition) is 11. The fourth-order valence-electron chi connectivity index (χ4n) is 20.8. The van der Waals surface area contributed by atoms with E-state index in [4.69, 9.17) is 20.2 Å². The summed E-state index contributed by atoms with van der Waals surface area (Å²) in [7, 11) is 4.22. The van der Waals surface area contributed by atoms with Crippen LogP contribution in [0.15, 0.2) is 41.4 Å². The van der Waals surface area contributed by atoms with E-state index in [2.05, 4.69) is 75.1 Å². The Bertz CT molecular complexity index is 2760. The number of nitrogens with two attached hydrogens (primary N) is 1. The minimum Gasteiger partial charge on any atom is -0.504 e. The summed E-state index contributed by atoms with van der Waals surface area (Å²) in [5, 5.41) is 29.5. The summed E-state index contributed by atoms with van der Waals surface area (Å²) in [5.41, 5.74) is 9.79. The summed E-state index contributed by atoms with van der Waals surface area (Å²) < 4.78 is 13.9. The molecule has 8 saturated carbocycles. The third kappa shape index (κ3) is 8.36. The minimum absolute atomic E-state index is 0.0815. The van der Waals surface area contributed by atoms with Crippen LogP contribution in [0.25, 0.3) is 0 Å². The molecule has 414 valence electrons. The maximum Gasteiger partial charge on any atom is 0.303 e. The van der Waals surface area contributed by atoms with Gasteiger partial charge in [-0.1, -0.05) is 70.7 Å². The average Bonchev–Trinajstić information content (AvgIpc) is 4.48. The van der Waals surface area contributed by atoms with Crippen LogP contribution in [-0.4, -0.2) is 74.0 Å². The lowest BCUT2D eigenvalue weighted by atomic mass is 9.57. The smallest absolute Gasteiger partial charge is 0.303 e. The number of phenols is 1. The Kier molecular flexibility index (Phi) is 12.9. The molecule has 5 N–H and O–H groups in total. The molecule has 2 aromatic rings. The van der Waals surface area contributed by atoms with Gasteiger partial charge in [0.15, 0.2) is 17.5 Å². The number of nitrogens with zero attached hydrogens (tertiary/aromatic N) is 2. The van der Waals surface area contributed by atoms with Crippen LogP contribution in [0, 0.1) is 63.1 Å². The Hall–Kier alpha value is -3.53. The van der Waals surface area contributed by atoms with Gasteiger partial charge in [0.1, 0.15) is 16.1 Å². The van der Waals surface area contributed by atoms with E-state index in [1.807, 2.05) is 4.90 Å². The van der Waals surface area contributed by atoms with Gasteiger partial charge in [-0.05, 0) is 212 Å². The van der Waals surface area contributed by atoms with Gasteiger partial charge in [-0.15, -0.1) is 5.92 Å². The number of aryl methyl sites for hydroxylation is 1. The average molecular weight is 1080 g/mol. The first-order chi connectivity index (χ1) is 37.3. The number of amides is 1. The van der Waals surface area contributed by atoms with E-state index in [1.54, 1.807) is 0 Å². The number of aliphatic imine (C=N–C) groups is 1. The summed E-state index contributed by atoms with van der Waals surface area (Å²) >= 11 is 0. The molecule has 6 spiro atoms. The van der Waals surface area contributed by atoms with E-state index in [-0.39, 0.29) is 57.8 Å². The molecule has 1 saturated heterocycles. The van der Waals surface area contributed by atoms with E-state index in [1.165, 1.54) is 76.7 Å². The summed E-state index contributed by atoms with van der Waals surface area (Å²) in [6, 6.07) is 13.1. The highest BCUT2D eigenvalue weighted by molar-refractivity contribution is 8.77. The Balaban J connectivity index is 0.892. The quantitative estimate of drug-likeness (QED) is 0.130.